The van der Waals surface area contributed by atoms with E-state index in [4.69, 9.17) is 28.4 Å². The molecule has 1 heterocycles. The summed E-state index contributed by atoms with van der Waals surface area (Å²) in [5.74, 6) is -4.95. The number of esters is 5. The molecule has 1 aliphatic rings. The van der Waals surface area contributed by atoms with Crippen LogP contribution < -0.4 is 5.32 Å². The van der Waals surface area contributed by atoms with Crippen LogP contribution in [0.2, 0.25) is 0 Å². The zero-order valence-corrected chi connectivity index (χ0v) is 24.4. The van der Waals surface area contributed by atoms with E-state index in [1.54, 1.807) is 0 Å². The first-order chi connectivity index (χ1) is 19.7. The monoisotopic (exact) mass is 593 g/mol. The van der Waals surface area contributed by atoms with Gasteiger partial charge in [0.25, 0.3) is 0 Å². The second kappa shape index (κ2) is 15.3. The second-order valence-corrected chi connectivity index (χ2v) is 9.26. The van der Waals surface area contributed by atoms with Gasteiger partial charge in [-0.25, -0.2) is 0 Å². The third-order valence-corrected chi connectivity index (χ3v) is 5.50. The zero-order chi connectivity index (χ0) is 31.6. The van der Waals surface area contributed by atoms with Gasteiger partial charge in [-0.15, -0.1) is 5.10 Å². The Bertz CT molecular complexity index is 1200. The fourth-order valence-corrected chi connectivity index (χ4v) is 3.92. The molecule has 0 spiro atoms. The van der Waals surface area contributed by atoms with Crippen molar-refractivity contribution in [1.29, 1.82) is 0 Å². The maximum atomic E-state index is 12.6. The second-order valence-electron chi connectivity index (χ2n) is 9.26. The highest BCUT2D eigenvalue weighted by atomic mass is 16.6. The maximum Gasteiger partial charge on any atom is 0.303 e. The van der Waals surface area contributed by atoms with Gasteiger partial charge < -0.3 is 33.7 Å². The number of hydrogen-bond donors (Lipinski definition) is 1. The number of ether oxygens (including phenoxy) is 6. The molecule has 1 amide bonds. The number of rotatable bonds is 13. The topological polar surface area (TPSA) is 185 Å². The number of aryl methyl sites for hydroxylation is 1. The average molecular weight is 594 g/mol. The van der Waals surface area contributed by atoms with Crippen molar-refractivity contribution in [2.24, 2.45) is 5.10 Å². The number of nitrogens with one attached hydrogen (secondary N) is 1. The first-order valence-electron chi connectivity index (χ1n) is 12.8. The molecule has 230 valence electrons. The van der Waals surface area contributed by atoms with Crippen molar-refractivity contribution in [3.05, 3.63) is 29.8 Å². The summed E-state index contributed by atoms with van der Waals surface area (Å²) in [6.07, 6.45) is -8.19. The molecule has 0 bridgehead atoms. The first kappa shape index (κ1) is 33.5. The van der Waals surface area contributed by atoms with Crippen molar-refractivity contribution in [2.45, 2.75) is 79.1 Å². The van der Waals surface area contributed by atoms with Crippen molar-refractivity contribution in [1.82, 2.24) is 5.01 Å². The lowest BCUT2D eigenvalue weighted by molar-refractivity contribution is -0.216. The van der Waals surface area contributed by atoms with E-state index in [-0.39, 0.29) is 12.4 Å². The minimum atomic E-state index is -1.75. The van der Waals surface area contributed by atoms with Crippen LogP contribution in [0.15, 0.2) is 29.4 Å². The Morgan fingerprint density at radius 3 is 1.86 bits per heavy atom. The molecule has 0 fully saturated rings. The number of amides is 1. The fourth-order valence-electron chi connectivity index (χ4n) is 3.92. The van der Waals surface area contributed by atoms with Gasteiger partial charge in [0.15, 0.2) is 24.4 Å². The average Bonchev–Trinajstić information content (AvgIpc) is 3.31. The Labute approximate surface area is 242 Å². The number of hydrogen-bond acceptors (Lipinski definition) is 14. The van der Waals surface area contributed by atoms with Crippen LogP contribution in [0.3, 0.4) is 0 Å². The highest BCUT2D eigenvalue weighted by Crippen LogP contribution is 2.28. The van der Waals surface area contributed by atoms with E-state index in [1.807, 2.05) is 31.2 Å². The van der Waals surface area contributed by atoms with Crippen LogP contribution in [0, 0.1) is 6.92 Å². The van der Waals surface area contributed by atoms with Gasteiger partial charge in [-0.3, -0.25) is 28.8 Å². The van der Waals surface area contributed by atoms with Gasteiger partial charge in [-0.2, -0.15) is 5.01 Å². The third kappa shape index (κ3) is 10.4. The van der Waals surface area contributed by atoms with E-state index in [2.05, 4.69) is 10.4 Å². The summed E-state index contributed by atoms with van der Waals surface area (Å²) in [5, 5.41) is 8.14. The maximum absolute atomic E-state index is 12.6. The number of benzene rings is 1. The summed E-state index contributed by atoms with van der Waals surface area (Å²) in [5.41, 5.74) is 1.77. The molecule has 42 heavy (non-hydrogen) atoms. The van der Waals surface area contributed by atoms with Crippen LogP contribution in [0.5, 0.6) is 0 Å². The quantitative estimate of drug-likeness (QED) is 0.254. The molecule has 0 saturated heterocycles. The Morgan fingerprint density at radius 2 is 1.36 bits per heavy atom. The fraction of sp³-hybridized carbons (Fsp3) is 0.519. The standard InChI is InChI=1S/C27H35N3O12/c1-14-8-10-21(11-9-14)28-12-23-29-30(15(2)31)27(42-23)26(41-20(7)36)25(40-19(6)35)24(39-18(5)34)22(38-17(4)33)13-37-16(3)32/h8-11,22,24-28H,12-13H2,1-7H3/t22-,24+,25+,26-,27?/m1/s1. The van der Waals surface area contributed by atoms with E-state index in [9.17, 15) is 28.8 Å². The van der Waals surface area contributed by atoms with Crippen LogP contribution >= 0.6 is 0 Å². The third-order valence-electron chi connectivity index (χ3n) is 5.50. The summed E-state index contributed by atoms with van der Waals surface area (Å²) in [4.78, 5) is 72.8. The molecule has 2 rings (SSSR count). The largest absolute Gasteiger partial charge is 0.462 e. The highest BCUT2D eigenvalue weighted by Gasteiger charge is 2.51. The first-order valence-corrected chi connectivity index (χ1v) is 12.8. The molecule has 0 aromatic heterocycles. The Hall–Kier alpha value is -4.69. The van der Waals surface area contributed by atoms with Gasteiger partial charge in [0.1, 0.15) is 6.61 Å². The molecule has 1 aromatic rings. The van der Waals surface area contributed by atoms with Gasteiger partial charge in [-0.1, -0.05) is 17.7 Å². The van der Waals surface area contributed by atoms with Gasteiger partial charge in [0.05, 0.1) is 6.54 Å². The van der Waals surface area contributed by atoms with Crippen LogP contribution in [-0.4, -0.2) is 90.5 Å². The van der Waals surface area contributed by atoms with Crippen molar-refractivity contribution in [3.63, 3.8) is 0 Å². The summed E-state index contributed by atoms with van der Waals surface area (Å²) >= 11 is 0. The lowest BCUT2D eigenvalue weighted by Gasteiger charge is -2.37. The number of carbonyl (C=O) groups excluding carboxylic acids is 6. The molecular weight excluding hydrogens is 558 g/mol. The van der Waals surface area contributed by atoms with Crippen molar-refractivity contribution >= 4 is 47.3 Å². The van der Waals surface area contributed by atoms with Gasteiger partial charge in [0, 0.05) is 47.2 Å². The summed E-state index contributed by atoms with van der Waals surface area (Å²) in [6, 6.07) is 7.42. The SMILES string of the molecule is CC(=O)OC[C@@H](OC(C)=O)[C@H](OC(C)=O)[C@H](OC(C)=O)[C@@H](OC(C)=O)C1OC(CNc2ccc(C)cc2)=NN1C(C)=O. The van der Waals surface area contributed by atoms with Crippen molar-refractivity contribution in [2.75, 3.05) is 18.5 Å². The van der Waals surface area contributed by atoms with Crippen molar-refractivity contribution in [3.8, 4) is 0 Å². The van der Waals surface area contributed by atoms with Crippen LogP contribution in [0.1, 0.15) is 47.1 Å². The smallest absolute Gasteiger partial charge is 0.303 e. The van der Waals surface area contributed by atoms with Gasteiger partial charge >= 0.3 is 29.8 Å². The van der Waals surface area contributed by atoms with E-state index in [0.29, 0.717) is 0 Å². The predicted molar refractivity (Wildman–Crippen MR) is 143 cm³/mol. The number of hydrazone groups is 1. The Balaban J connectivity index is 2.53. The molecular formula is C27H35N3O12. The molecule has 15 nitrogen and oxygen atoms in total. The van der Waals surface area contributed by atoms with E-state index in [1.165, 1.54) is 6.92 Å². The molecule has 1 aromatic carbocycles. The summed E-state index contributed by atoms with van der Waals surface area (Å²) in [6.45, 7) is 7.74. The van der Waals surface area contributed by atoms with Crippen LogP contribution in [0.25, 0.3) is 0 Å². The van der Waals surface area contributed by atoms with Gasteiger partial charge in [-0.05, 0) is 19.1 Å². The molecule has 5 atom stereocenters. The molecule has 1 N–H and O–H groups in total. The molecule has 0 radical (unpaired) electrons. The van der Waals surface area contributed by atoms with E-state index >= 15 is 0 Å². The van der Waals surface area contributed by atoms with Gasteiger partial charge in [0.2, 0.25) is 18.0 Å². The molecule has 0 saturated carbocycles. The van der Waals surface area contributed by atoms with Crippen LogP contribution in [-0.2, 0) is 57.2 Å². The predicted octanol–water partition coefficient (Wildman–Crippen LogP) is 1.22. The highest BCUT2D eigenvalue weighted by molar-refractivity contribution is 5.85. The van der Waals surface area contributed by atoms with E-state index < -0.39 is 73.0 Å². The summed E-state index contributed by atoms with van der Waals surface area (Å²) < 4.78 is 32.5. The number of anilines is 1. The van der Waals surface area contributed by atoms with Crippen LogP contribution in [0.4, 0.5) is 5.69 Å². The molecule has 1 aliphatic heterocycles. The van der Waals surface area contributed by atoms with E-state index in [0.717, 1.165) is 50.9 Å². The number of carbonyl (C=O) groups is 6. The lowest BCUT2D eigenvalue weighted by Crippen LogP contribution is -2.59. The molecule has 15 heteroatoms. The zero-order valence-electron chi connectivity index (χ0n) is 24.4. The summed E-state index contributed by atoms with van der Waals surface area (Å²) in [7, 11) is 0. The molecule has 1 unspecified atom stereocenters. The van der Waals surface area contributed by atoms with Crippen molar-refractivity contribution < 1.29 is 57.2 Å². The normalized spacial score (nSPS) is 16.9. The Morgan fingerprint density at radius 1 is 0.810 bits per heavy atom. The minimum Gasteiger partial charge on any atom is -0.462 e. The molecule has 0 aliphatic carbocycles. The lowest BCUT2D eigenvalue weighted by atomic mass is 10.00. The Kier molecular flexibility index (Phi) is 12.2. The number of nitrogens with zero attached hydrogens (tertiary/aromatic N) is 2. The minimum absolute atomic E-state index is 0.00423.